The molecule has 6 N–H and O–H groups in total. The lowest BCUT2D eigenvalue weighted by Gasteiger charge is -2.16. The number of benzene rings is 2. The number of amides is 4. The predicted octanol–water partition coefficient (Wildman–Crippen LogP) is 2.62. The second-order valence-electron chi connectivity index (χ2n) is 8.53. The number of nitrogens with zero attached hydrogens (tertiary/aromatic N) is 2. The van der Waals surface area contributed by atoms with Crippen LogP contribution in [0.2, 0.25) is 0 Å². The minimum absolute atomic E-state index is 0.0695. The van der Waals surface area contributed by atoms with Gasteiger partial charge in [0.15, 0.2) is 0 Å². The summed E-state index contributed by atoms with van der Waals surface area (Å²) >= 11 is 0. The summed E-state index contributed by atoms with van der Waals surface area (Å²) in [5, 5.41) is 20.9. The maximum absolute atomic E-state index is 12.4. The van der Waals surface area contributed by atoms with Gasteiger partial charge in [-0.2, -0.15) is 0 Å². The quantitative estimate of drug-likeness (QED) is 0.130. The smallest absolute Gasteiger partial charge is 0.278 e. The van der Waals surface area contributed by atoms with Crippen LogP contribution in [-0.4, -0.2) is 58.1 Å². The lowest BCUT2D eigenvalue weighted by molar-refractivity contribution is -0.130. The van der Waals surface area contributed by atoms with Gasteiger partial charge < -0.3 is 19.7 Å². The Hall–Kier alpha value is -4.16. The van der Waals surface area contributed by atoms with Gasteiger partial charge in [-0.1, -0.05) is 25.7 Å². The van der Waals surface area contributed by atoms with Crippen LogP contribution < -0.4 is 21.2 Å². The van der Waals surface area contributed by atoms with Gasteiger partial charge in [-0.25, -0.2) is 21.7 Å². The summed E-state index contributed by atoms with van der Waals surface area (Å²) in [5.41, 5.74) is -0.204. The van der Waals surface area contributed by atoms with Crippen LogP contribution in [0.25, 0.3) is 0 Å². The number of hydrazine groups is 2. The number of carbonyl (C=O) groups is 4. The molecule has 0 atom stereocenters. The molecule has 2 aromatic carbocycles. The molecule has 0 aliphatic heterocycles. The number of rotatable bonds is 13. The monoisotopic (exact) mass is 530 g/mol. The van der Waals surface area contributed by atoms with Crippen LogP contribution in [-0.2, 0) is 9.59 Å². The predicted molar refractivity (Wildman–Crippen MR) is 137 cm³/mol. The van der Waals surface area contributed by atoms with Crippen molar-refractivity contribution in [3.05, 3.63) is 47.5 Å². The number of imide groups is 2. The van der Waals surface area contributed by atoms with E-state index in [0.717, 1.165) is 12.8 Å². The molecule has 0 aliphatic carbocycles. The number of unbranched alkanes of at least 4 members (excludes halogenated alkanes) is 5. The first kappa shape index (κ1) is 30.1. The largest absolute Gasteiger partial charge is 0.507 e. The fraction of sp³-hybridized carbons (Fsp3) is 0.385. The number of carbonyl (C=O) groups excluding carboxylic acids is 4. The van der Waals surface area contributed by atoms with Gasteiger partial charge in [0.05, 0.1) is 25.3 Å². The lowest BCUT2D eigenvalue weighted by atomic mass is 10.1. The number of methoxy groups -OCH3 is 2. The topological polar surface area (TPSA) is 186 Å². The average molecular weight is 531 g/mol. The zero-order valence-corrected chi connectivity index (χ0v) is 21.5. The number of hydrogen-bond donors (Lipinski definition) is 4. The number of phenolic OH excluding ortho intramolecular Hbond substituents is 2. The maximum Gasteiger partial charge on any atom is 0.278 e. The second kappa shape index (κ2) is 14.5. The first-order chi connectivity index (χ1) is 18.1. The van der Waals surface area contributed by atoms with E-state index in [9.17, 15) is 29.4 Å². The van der Waals surface area contributed by atoms with Crippen LogP contribution in [0.5, 0.6) is 23.0 Å². The fourth-order valence-electron chi connectivity index (χ4n) is 3.63. The third-order valence-corrected chi connectivity index (χ3v) is 5.88. The van der Waals surface area contributed by atoms with Crippen molar-refractivity contribution in [1.82, 2.24) is 10.0 Å². The van der Waals surface area contributed by atoms with E-state index in [0.29, 0.717) is 47.2 Å². The van der Waals surface area contributed by atoms with Crippen molar-refractivity contribution in [2.45, 2.75) is 51.4 Å². The van der Waals surface area contributed by atoms with E-state index in [2.05, 4.69) is 0 Å². The lowest BCUT2D eigenvalue weighted by Crippen LogP contribution is -2.42. The Morgan fingerprint density at radius 1 is 0.658 bits per heavy atom. The SMILES string of the molecule is COc1ccc(C(=O)N(N)C(=O)CCCCCCCCC(=O)N(N)C(=O)c2ccc(OC)cc2O)c(O)c1. The van der Waals surface area contributed by atoms with E-state index < -0.39 is 23.6 Å². The van der Waals surface area contributed by atoms with Gasteiger partial charge in [0, 0.05) is 25.0 Å². The molecule has 4 amide bonds. The highest BCUT2D eigenvalue weighted by atomic mass is 16.5. The standard InChI is InChI=1S/C26H34N4O8/c1-37-17-11-13-19(21(31)15-17)25(35)29(27)23(33)9-7-5-3-4-6-8-10-24(34)30(28)26(36)20-14-12-18(38-2)16-22(20)32/h11-16,31-32H,3-10,27-28H2,1-2H3. The molecule has 0 spiro atoms. The number of nitrogens with two attached hydrogens (primary N) is 2. The maximum atomic E-state index is 12.4. The fourth-order valence-corrected chi connectivity index (χ4v) is 3.63. The minimum atomic E-state index is -0.811. The normalized spacial score (nSPS) is 10.5. The summed E-state index contributed by atoms with van der Waals surface area (Å²) in [6.45, 7) is 0. The van der Waals surface area contributed by atoms with E-state index in [1.807, 2.05) is 0 Å². The number of phenols is 2. The molecule has 0 bridgehead atoms. The summed E-state index contributed by atoms with van der Waals surface area (Å²) in [5.74, 6) is 8.60. The summed E-state index contributed by atoms with van der Waals surface area (Å²) in [6, 6.07) is 8.14. The molecule has 2 rings (SSSR count). The Bertz CT molecular complexity index is 1060. The van der Waals surface area contributed by atoms with Crippen molar-refractivity contribution in [3.63, 3.8) is 0 Å². The Labute approximate surface area is 220 Å². The second-order valence-corrected chi connectivity index (χ2v) is 8.53. The molecule has 0 heterocycles. The van der Waals surface area contributed by atoms with Crippen molar-refractivity contribution < 1.29 is 38.9 Å². The van der Waals surface area contributed by atoms with Gasteiger partial charge in [0.1, 0.15) is 23.0 Å². The Morgan fingerprint density at radius 2 is 1.00 bits per heavy atom. The van der Waals surface area contributed by atoms with Crippen LogP contribution in [0.15, 0.2) is 36.4 Å². The summed E-state index contributed by atoms with van der Waals surface area (Å²) < 4.78 is 9.93. The van der Waals surface area contributed by atoms with Crippen LogP contribution in [0.3, 0.4) is 0 Å². The Morgan fingerprint density at radius 3 is 1.32 bits per heavy atom. The van der Waals surface area contributed by atoms with Crippen LogP contribution in [0.1, 0.15) is 72.1 Å². The van der Waals surface area contributed by atoms with Gasteiger partial charge in [-0.3, -0.25) is 19.2 Å². The van der Waals surface area contributed by atoms with Crippen LogP contribution >= 0.6 is 0 Å². The van der Waals surface area contributed by atoms with E-state index in [1.165, 1.54) is 50.6 Å². The van der Waals surface area contributed by atoms with Crippen molar-refractivity contribution >= 4 is 23.6 Å². The molecule has 0 radical (unpaired) electrons. The molecule has 0 fully saturated rings. The summed E-state index contributed by atoms with van der Waals surface area (Å²) in [4.78, 5) is 49.3. The highest BCUT2D eigenvalue weighted by Crippen LogP contribution is 2.25. The minimum Gasteiger partial charge on any atom is -0.507 e. The molecule has 0 aliphatic rings. The number of ether oxygens (including phenoxy) is 2. The molecule has 38 heavy (non-hydrogen) atoms. The van der Waals surface area contributed by atoms with Crippen molar-refractivity contribution in [2.24, 2.45) is 11.7 Å². The zero-order chi connectivity index (χ0) is 28.2. The molecule has 0 unspecified atom stereocenters. The van der Waals surface area contributed by atoms with Crippen LogP contribution in [0, 0.1) is 0 Å². The molecular weight excluding hydrogens is 496 g/mol. The number of hydrogen-bond acceptors (Lipinski definition) is 10. The van der Waals surface area contributed by atoms with E-state index in [-0.39, 0.29) is 35.5 Å². The summed E-state index contributed by atoms with van der Waals surface area (Å²) in [6.07, 6.45) is 4.20. The molecule has 2 aromatic rings. The van der Waals surface area contributed by atoms with Gasteiger partial charge in [-0.05, 0) is 37.1 Å². The summed E-state index contributed by atoms with van der Waals surface area (Å²) in [7, 11) is 2.84. The third-order valence-electron chi connectivity index (χ3n) is 5.88. The van der Waals surface area contributed by atoms with E-state index >= 15 is 0 Å². The Kier molecular flexibility index (Phi) is 11.5. The van der Waals surface area contributed by atoms with Gasteiger partial charge in [0.2, 0.25) is 11.8 Å². The van der Waals surface area contributed by atoms with Crippen molar-refractivity contribution in [1.29, 1.82) is 0 Å². The highest BCUT2D eigenvalue weighted by Gasteiger charge is 2.23. The zero-order valence-electron chi connectivity index (χ0n) is 21.5. The van der Waals surface area contributed by atoms with Gasteiger partial charge >= 0.3 is 0 Å². The molecule has 0 aromatic heterocycles. The molecule has 0 saturated carbocycles. The van der Waals surface area contributed by atoms with Crippen LogP contribution in [0.4, 0.5) is 0 Å². The van der Waals surface area contributed by atoms with E-state index in [1.54, 1.807) is 0 Å². The average Bonchev–Trinajstić information content (AvgIpc) is 2.92. The molecule has 206 valence electrons. The number of aromatic hydroxyl groups is 2. The molecule has 12 nitrogen and oxygen atoms in total. The van der Waals surface area contributed by atoms with Crippen molar-refractivity contribution in [2.75, 3.05) is 14.2 Å². The first-order valence-electron chi connectivity index (χ1n) is 12.1. The Balaban J connectivity index is 1.64. The molecular formula is C26H34N4O8. The van der Waals surface area contributed by atoms with Gasteiger partial charge in [0.25, 0.3) is 11.8 Å². The van der Waals surface area contributed by atoms with E-state index in [4.69, 9.17) is 21.2 Å². The first-order valence-corrected chi connectivity index (χ1v) is 12.1. The molecule has 12 heteroatoms. The molecule has 0 saturated heterocycles. The van der Waals surface area contributed by atoms with Gasteiger partial charge in [-0.15, -0.1) is 0 Å². The van der Waals surface area contributed by atoms with Crippen molar-refractivity contribution in [3.8, 4) is 23.0 Å². The highest BCUT2D eigenvalue weighted by molar-refractivity contribution is 6.06. The third kappa shape index (κ3) is 8.18.